The maximum atomic E-state index is 8.99. The Morgan fingerprint density at radius 1 is 1.69 bits per heavy atom. The number of nitrogens with one attached hydrogen (secondary N) is 2. The Hall–Kier alpha value is -1.40. The second kappa shape index (κ2) is 4.58. The highest BCUT2D eigenvalue weighted by Gasteiger charge is 1.98. The molecule has 0 radical (unpaired) electrons. The van der Waals surface area contributed by atoms with E-state index in [0.29, 0.717) is 18.3 Å². The molecule has 1 atom stereocenters. The highest BCUT2D eigenvalue weighted by atomic mass is 16.3. The van der Waals surface area contributed by atoms with E-state index in [1.54, 1.807) is 19.2 Å². The second-order valence-corrected chi connectivity index (χ2v) is 2.64. The topological polar surface area (TPSA) is 96.1 Å². The lowest BCUT2D eigenvalue weighted by Gasteiger charge is -2.07. The molecule has 0 aromatic carbocycles. The van der Waals surface area contributed by atoms with Gasteiger partial charge in [-0.05, 0) is 13.0 Å². The number of aliphatic hydroxyl groups is 1. The van der Waals surface area contributed by atoms with Crippen LogP contribution in [0.2, 0.25) is 0 Å². The van der Waals surface area contributed by atoms with Crippen LogP contribution in [0.4, 0.5) is 11.8 Å². The van der Waals surface area contributed by atoms with E-state index < -0.39 is 6.10 Å². The summed E-state index contributed by atoms with van der Waals surface area (Å²) in [5.74, 6) is 6.09. The smallest absolute Gasteiger partial charge is 0.239 e. The minimum atomic E-state index is -0.413. The van der Waals surface area contributed by atoms with Crippen molar-refractivity contribution in [2.75, 3.05) is 17.3 Å². The predicted molar refractivity (Wildman–Crippen MR) is 50.0 cm³/mol. The summed E-state index contributed by atoms with van der Waals surface area (Å²) in [4.78, 5) is 7.83. The van der Waals surface area contributed by atoms with Crippen LogP contribution in [0.5, 0.6) is 0 Å². The molecule has 1 unspecified atom stereocenters. The molecule has 0 aliphatic rings. The average molecular weight is 183 g/mol. The van der Waals surface area contributed by atoms with Crippen molar-refractivity contribution < 1.29 is 5.11 Å². The first-order valence-electron chi connectivity index (χ1n) is 3.94. The molecule has 0 aliphatic heterocycles. The van der Waals surface area contributed by atoms with E-state index >= 15 is 0 Å². The van der Waals surface area contributed by atoms with Gasteiger partial charge in [0.1, 0.15) is 5.82 Å². The van der Waals surface area contributed by atoms with Gasteiger partial charge in [0.05, 0.1) is 6.10 Å². The molecule has 1 rings (SSSR count). The molecule has 1 heterocycles. The highest BCUT2D eigenvalue weighted by Crippen LogP contribution is 2.03. The summed E-state index contributed by atoms with van der Waals surface area (Å²) in [6.45, 7) is 2.14. The minimum Gasteiger partial charge on any atom is -0.392 e. The minimum absolute atomic E-state index is 0.343. The van der Waals surface area contributed by atoms with Crippen molar-refractivity contribution in [1.29, 1.82) is 0 Å². The third kappa shape index (κ3) is 3.22. The van der Waals surface area contributed by atoms with E-state index in [-0.39, 0.29) is 0 Å². The maximum Gasteiger partial charge on any atom is 0.239 e. The molecule has 1 aromatic rings. The molecule has 0 saturated heterocycles. The molecule has 0 aliphatic carbocycles. The number of nitrogens with zero attached hydrogens (tertiary/aromatic N) is 2. The summed E-state index contributed by atoms with van der Waals surface area (Å²) in [6.07, 6.45) is 1.16. The van der Waals surface area contributed by atoms with Gasteiger partial charge in [-0.1, -0.05) is 0 Å². The second-order valence-electron chi connectivity index (χ2n) is 2.64. The van der Waals surface area contributed by atoms with Gasteiger partial charge in [0.15, 0.2) is 0 Å². The van der Waals surface area contributed by atoms with E-state index in [0.717, 1.165) is 0 Å². The molecule has 6 heteroatoms. The molecule has 72 valence electrons. The molecule has 0 bridgehead atoms. The number of nitrogen functional groups attached to an aromatic ring is 1. The lowest BCUT2D eigenvalue weighted by molar-refractivity contribution is 0.208. The Morgan fingerprint density at radius 2 is 2.46 bits per heavy atom. The number of hydrogen-bond acceptors (Lipinski definition) is 6. The summed E-state index contributed by atoms with van der Waals surface area (Å²) in [6, 6.07) is 1.70. The largest absolute Gasteiger partial charge is 0.392 e. The van der Waals surface area contributed by atoms with Gasteiger partial charge in [-0.25, -0.2) is 10.8 Å². The maximum absolute atomic E-state index is 8.99. The van der Waals surface area contributed by atoms with E-state index in [2.05, 4.69) is 20.7 Å². The lowest BCUT2D eigenvalue weighted by atomic mass is 10.4. The summed E-state index contributed by atoms with van der Waals surface area (Å²) >= 11 is 0. The van der Waals surface area contributed by atoms with Crippen molar-refractivity contribution in [2.45, 2.75) is 13.0 Å². The summed E-state index contributed by atoms with van der Waals surface area (Å²) in [5.41, 5.74) is 2.33. The molecular formula is C7H13N5O. The first-order chi connectivity index (χ1) is 6.22. The summed E-state index contributed by atoms with van der Waals surface area (Å²) < 4.78 is 0. The van der Waals surface area contributed by atoms with Crippen LogP contribution in [0.25, 0.3) is 0 Å². The van der Waals surface area contributed by atoms with Crippen LogP contribution >= 0.6 is 0 Å². The Morgan fingerprint density at radius 3 is 3.08 bits per heavy atom. The molecule has 0 fully saturated rings. The number of aromatic nitrogens is 2. The first-order valence-corrected chi connectivity index (χ1v) is 3.94. The molecule has 1 aromatic heterocycles. The molecule has 0 saturated carbocycles. The van der Waals surface area contributed by atoms with Crippen LogP contribution in [-0.4, -0.2) is 27.7 Å². The van der Waals surface area contributed by atoms with Gasteiger partial charge < -0.3 is 10.4 Å². The zero-order chi connectivity index (χ0) is 9.68. The van der Waals surface area contributed by atoms with Crippen LogP contribution in [0, 0.1) is 0 Å². The van der Waals surface area contributed by atoms with Crippen molar-refractivity contribution >= 4 is 11.8 Å². The predicted octanol–water partition coefficient (Wildman–Crippen LogP) is -0.445. The van der Waals surface area contributed by atoms with Gasteiger partial charge in [-0.2, -0.15) is 4.98 Å². The van der Waals surface area contributed by atoms with Gasteiger partial charge in [0, 0.05) is 12.7 Å². The third-order valence-corrected chi connectivity index (χ3v) is 1.36. The molecule has 13 heavy (non-hydrogen) atoms. The van der Waals surface area contributed by atoms with Crippen molar-refractivity contribution in [2.24, 2.45) is 5.84 Å². The van der Waals surface area contributed by atoms with Crippen molar-refractivity contribution in [3.8, 4) is 0 Å². The van der Waals surface area contributed by atoms with Gasteiger partial charge in [-0.15, -0.1) is 0 Å². The summed E-state index contributed by atoms with van der Waals surface area (Å²) in [5, 5.41) is 11.9. The molecule has 6 nitrogen and oxygen atoms in total. The highest BCUT2D eigenvalue weighted by molar-refractivity contribution is 5.38. The van der Waals surface area contributed by atoms with Gasteiger partial charge in [0.25, 0.3) is 0 Å². The van der Waals surface area contributed by atoms with Crippen LogP contribution in [0.15, 0.2) is 12.3 Å². The van der Waals surface area contributed by atoms with Crippen LogP contribution in [0.1, 0.15) is 6.92 Å². The fraction of sp³-hybridized carbons (Fsp3) is 0.429. The average Bonchev–Trinajstić information content (AvgIpc) is 2.15. The zero-order valence-corrected chi connectivity index (χ0v) is 7.36. The van der Waals surface area contributed by atoms with Gasteiger partial charge in [0.2, 0.25) is 5.95 Å². The van der Waals surface area contributed by atoms with Crippen LogP contribution < -0.4 is 16.6 Å². The Balaban J connectivity index is 2.56. The number of hydrazine groups is 1. The van der Waals surface area contributed by atoms with E-state index in [4.69, 9.17) is 10.9 Å². The first kappa shape index (κ1) is 9.69. The number of aliphatic hydroxyl groups excluding tert-OH is 1. The number of rotatable bonds is 4. The van der Waals surface area contributed by atoms with E-state index in [1.807, 2.05) is 0 Å². The van der Waals surface area contributed by atoms with Gasteiger partial charge >= 0.3 is 0 Å². The molecule has 5 N–H and O–H groups in total. The monoisotopic (exact) mass is 183 g/mol. The van der Waals surface area contributed by atoms with Crippen molar-refractivity contribution in [3.05, 3.63) is 12.3 Å². The fourth-order valence-electron chi connectivity index (χ4n) is 0.779. The third-order valence-electron chi connectivity index (χ3n) is 1.36. The standard InChI is InChI=1S/C7H13N5O/c1-5(13)4-10-6-2-3-9-7(11-6)12-8/h2-3,5,13H,4,8H2,1H3,(H2,9,10,11,12). The van der Waals surface area contributed by atoms with Crippen molar-refractivity contribution in [3.63, 3.8) is 0 Å². The molecule has 0 amide bonds. The molecular weight excluding hydrogens is 170 g/mol. The molecule has 0 spiro atoms. The number of nitrogens with two attached hydrogens (primary N) is 1. The van der Waals surface area contributed by atoms with E-state index in [9.17, 15) is 0 Å². The Kier molecular flexibility index (Phi) is 3.41. The number of hydrogen-bond donors (Lipinski definition) is 4. The Bertz CT molecular complexity index is 265. The van der Waals surface area contributed by atoms with E-state index in [1.165, 1.54) is 0 Å². The zero-order valence-electron chi connectivity index (χ0n) is 7.36. The summed E-state index contributed by atoms with van der Waals surface area (Å²) in [7, 11) is 0. The van der Waals surface area contributed by atoms with Crippen LogP contribution in [0.3, 0.4) is 0 Å². The van der Waals surface area contributed by atoms with Crippen molar-refractivity contribution in [1.82, 2.24) is 9.97 Å². The number of anilines is 2. The quantitative estimate of drug-likeness (QED) is 0.373. The fourth-order valence-corrected chi connectivity index (χ4v) is 0.779. The lowest BCUT2D eigenvalue weighted by Crippen LogP contribution is -2.17. The van der Waals surface area contributed by atoms with Gasteiger partial charge in [-0.3, -0.25) is 5.43 Å². The van der Waals surface area contributed by atoms with Crippen LogP contribution in [-0.2, 0) is 0 Å². The SMILES string of the molecule is CC(O)CNc1ccnc(NN)n1. The normalized spacial score (nSPS) is 12.2. The Labute approximate surface area is 76.2 Å².